The van der Waals surface area contributed by atoms with Gasteiger partial charge in [0.2, 0.25) is 0 Å². The van der Waals surface area contributed by atoms with E-state index in [4.69, 9.17) is 4.74 Å². The molecule has 0 saturated carbocycles. The van der Waals surface area contributed by atoms with E-state index in [1.807, 2.05) is 72.8 Å². The van der Waals surface area contributed by atoms with E-state index in [0.29, 0.717) is 30.0 Å². The van der Waals surface area contributed by atoms with Gasteiger partial charge in [0.15, 0.2) is 5.65 Å². The van der Waals surface area contributed by atoms with Crippen molar-refractivity contribution in [3.63, 3.8) is 0 Å². The van der Waals surface area contributed by atoms with Crippen molar-refractivity contribution in [2.45, 2.75) is 25.9 Å². The van der Waals surface area contributed by atoms with Crippen LogP contribution in [-0.2, 0) is 19.4 Å². The molecule has 0 aliphatic heterocycles. The molecule has 0 radical (unpaired) electrons. The Morgan fingerprint density at radius 3 is 2.22 bits per heavy atom. The minimum absolute atomic E-state index is 0.0491. The summed E-state index contributed by atoms with van der Waals surface area (Å²) >= 11 is 0. The number of rotatable bonds is 9. The van der Waals surface area contributed by atoms with Crippen LogP contribution in [0.3, 0.4) is 0 Å². The minimum atomic E-state index is -1.15. The van der Waals surface area contributed by atoms with Gasteiger partial charge in [-0.25, -0.2) is 4.79 Å². The van der Waals surface area contributed by atoms with E-state index in [1.54, 1.807) is 0 Å². The van der Waals surface area contributed by atoms with Crippen molar-refractivity contribution in [2.75, 3.05) is 0 Å². The van der Waals surface area contributed by atoms with Crippen LogP contribution in [0.1, 0.15) is 33.5 Å². The number of nitrogens with one attached hydrogen (secondary N) is 1. The third-order valence-electron chi connectivity index (χ3n) is 6.12. The lowest BCUT2D eigenvalue weighted by molar-refractivity contribution is 0.0698. The maximum absolute atomic E-state index is 13.4. The number of carbonyl (C=O) groups is 1. The molecular formula is C29H25N3O4. The molecule has 0 spiro atoms. The average molecular weight is 480 g/mol. The first-order valence-corrected chi connectivity index (χ1v) is 11.8. The van der Waals surface area contributed by atoms with Crippen LogP contribution in [0.4, 0.5) is 0 Å². The van der Waals surface area contributed by atoms with Crippen molar-refractivity contribution in [2.24, 2.45) is 0 Å². The van der Waals surface area contributed by atoms with E-state index < -0.39 is 5.97 Å². The number of aromatic carboxylic acids is 1. The van der Waals surface area contributed by atoms with Gasteiger partial charge >= 0.3 is 5.97 Å². The molecule has 180 valence electrons. The Hall–Kier alpha value is -4.65. The molecule has 2 heterocycles. The molecule has 7 nitrogen and oxygen atoms in total. The number of carboxylic acid groups (broad SMARTS) is 1. The monoisotopic (exact) mass is 479 g/mol. The van der Waals surface area contributed by atoms with Gasteiger partial charge in [-0.2, -0.15) is 9.61 Å². The van der Waals surface area contributed by atoms with Crippen LogP contribution < -0.4 is 10.3 Å². The minimum Gasteiger partial charge on any atom is -0.489 e. The smallest absolute Gasteiger partial charge is 0.341 e. The quantitative estimate of drug-likeness (QED) is 0.305. The van der Waals surface area contributed by atoms with Crippen molar-refractivity contribution < 1.29 is 14.6 Å². The molecule has 0 unspecified atom stereocenters. The highest BCUT2D eigenvalue weighted by Crippen LogP contribution is 2.25. The summed E-state index contributed by atoms with van der Waals surface area (Å²) in [5.41, 5.74) is 4.00. The van der Waals surface area contributed by atoms with Gasteiger partial charge in [0.1, 0.15) is 17.9 Å². The third-order valence-corrected chi connectivity index (χ3v) is 6.12. The zero-order valence-electron chi connectivity index (χ0n) is 19.6. The fraction of sp³-hybridized carbons (Fsp3) is 0.138. The number of benzene rings is 3. The fourth-order valence-electron chi connectivity index (χ4n) is 4.26. The second kappa shape index (κ2) is 10.3. The van der Waals surface area contributed by atoms with Gasteiger partial charge in [0, 0.05) is 5.56 Å². The fourth-order valence-corrected chi connectivity index (χ4v) is 4.26. The lowest BCUT2D eigenvalue weighted by Crippen LogP contribution is -2.22. The summed E-state index contributed by atoms with van der Waals surface area (Å²) in [6, 6.07) is 27.5. The van der Waals surface area contributed by atoms with E-state index in [1.165, 1.54) is 11.8 Å². The first-order chi connectivity index (χ1) is 17.6. The molecule has 0 saturated heterocycles. The van der Waals surface area contributed by atoms with Gasteiger partial charge in [-0.3, -0.25) is 4.79 Å². The highest BCUT2D eigenvalue weighted by atomic mass is 16.5. The Labute approximate surface area is 207 Å². The number of aromatic amines is 1. The molecule has 0 aliphatic carbocycles. The van der Waals surface area contributed by atoms with Crippen LogP contribution in [-0.4, -0.2) is 25.7 Å². The molecule has 0 bridgehead atoms. The van der Waals surface area contributed by atoms with Crippen molar-refractivity contribution >= 4 is 11.6 Å². The third kappa shape index (κ3) is 4.90. The van der Waals surface area contributed by atoms with E-state index >= 15 is 0 Å². The van der Waals surface area contributed by atoms with E-state index in [0.717, 1.165) is 28.5 Å². The standard InChI is InChI=1S/C29H25N3O4/c33-28-24(13-7-12-20-8-3-1-4-9-20)26(31-27-25(29(34)35)18-30-32(27)28)22-14-16-23(17-15-22)36-19-21-10-5-2-6-11-21/h1-6,8-11,14-18,31H,7,12-13,19H2,(H,34,35). The molecule has 5 rings (SSSR count). The maximum atomic E-state index is 13.4. The van der Waals surface area contributed by atoms with Gasteiger partial charge in [-0.15, -0.1) is 0 Å². The number of fused-ring (bicyclic) bond motifs is 1. The molecule has 0 aliphatic rings. The molecule has 0 amide bonds. The molecule has 0 atom stereocenters. The predicted molar refractivity (Wildman–Crippen MR) is 137 cm³/mol. The number of nitrogens with zero attached hydrogens (tertiary/aromatic N) is 2. The van der Waals surface area contributed by atoms with Crippen molar-refractivity contribution in [3.05, 3.63) is 124 Å². The van der Waals surface area contributed by atoms with Crippen LogP contribution in [0, 0.1) is 0 Å². The Bertz CT molecular complexity index is 1540. The number of H-pyrrole nitrogens is 1. The number of carboxylic acids is 1. The largest absolute Gasteiger partial charge is 0.489 e. The van der Waals surface area contributed by atoms with E-state index in [9.17, 15) is 14.7 Å². The zero-order valence-corrected chi connectivity index (χ0v) is 19.6. The van der Waals surface area contributed by atoms with E-state index in [-0.39, 0.29) is 16.8 Å². The second-order valence-electron chi connectivity index (χ2n) is 8.55. The zero-order chi connectivity index (χ0) is 24.9. The summed E-state index contributed by atoms with van der Waals surface area (Å²) < 4.78 is 7.04. The van der Waals surface area contributed by atoms with Gasteiger partial charge in [-0.05, 0) is 60.2 Å². The molecule has 2 N–H and O–H groups in total. The van der Waals surface area contributed by atoms with Gasteiger partial charge in [-0.1, -0.05) is 60.7 Å². The number of aryl methyl sites for hydroxylation is 1. The van der Waals surface area contributed by atoms with Crippen molar-refractivity contribution in [3.8, 4) is 17.0 Å². The van der Waals surface area contributed by atoms with E-state index in [2.05, 4.69) is 22.2 Å². The molecule has 0 fully saturated rings. The van der Waals surface area contributed by atoms with Gasteiger partial charge in [0.05, 0.1) is 11.9 Å². The summed E-state index contributed by atoms with van der Waals surface area (Å²) in [6.07, 6.45) is 3.30. The maximum Gasteiger partial charge on any atom is 0.341 e. The number of hydrogen-bond acceptors (Lipinski definition) is 4. The van der Waals surface area contributed by atoms with Crippen LogP contribution in [0.2, 0.25) is 0 Å². The molecule has 5 aromatic rings. The topological polar surface area (TPSA) is 96.7 Å². The molecule has 36 heavy (non-hydrogen) atoms. The molecule has 7 heteroatoms. The summed E-state index contributed by atoms with van der Waals surface area (Å²) in [6.45, 7) is 0.450. The highest BCUT2D eigenvalue weighted by molar-refractivity contribution is 5.94. The number of aromatic nitrogens is 3. The van der Waals surface area contributed by atoms with Crippen molar-refractivity contribution in [1.82, 2.24) is 14.6 Å². The predicted octanol–water partition coefficient (Wildman–Crippen LogP) is 5.14. The lowest BCUT2D eigenvalue weighted by Gasteiger charge is -2.12. The average Bonchev–Trinajstić information content (AvgIpc) is 3.35. The SMILES string of the molecule is O=C(O)c1cnn2c(=O)c(CCCc3ccccc3)c(-c3ccc(OCc4ccccc4)cc3)[nH]c12. The number of ether oxygens (including phenoxy) is 1. The normalized spacial score (nSPS) is 11.0. The van der Waals surface area contributed by atoms with Crippen LogP contribution in [0.15, 0.2) is 95.9 Å². The lowest BCUT2D eigenvalue weighted by atomic mass is 10.00. The van der Waals surface area contributed by atoms with Gasteiger partial charge < -0.3 is 14.8 Å². The second-order valence-corrected chi connectivity index (χ2v) is 8.55. The summed E-state index contributed by atoms with van der Waals surface area (Å²) in [4.78, 5) is 28.3. The first kappa shape index (κ1) is 23.1. The Morgan fingerprint density at radius 2 is 1.56 bits per heavy atom. The van der Waals surface area contributed by atoms with Crippen LogP contribution >= 0.6 is 0 Å². The van der Waals surface area contributed by atoms with Crippen LogP contribution in [0.5, 0.6) is 5.75 Å². The summed E-state index contributed by atoms with van der Waals surface area (Å²) in [7, 11) is 0. The van der Waals surface area contributed by atoms with Crippen LogP contribution in [0.25, 0.3) is 16.9 Å². The summed E-state index contributed by atoms with van der Waals surface area (Å²) in [5, 5.41) is 13.6. The Morgan fingerprint density at radius 1 is 0.889 bits per heavy atom. The first-order valence-electron chi connectivity index (χ1n) is 11.8. The van der Waals surface area contributed by atoms with Crippen molar-refractivity contribution in [1.29, 1.82) is 0 Å². The molecule has 2 aromatic heterocycles. The highest BCUT2D eigenvalue weighted by Gasteiger charge is 2.19. The molecular weight excluding hydrogens is 454 g/mol. The van der Waals surface area contributed by atoms with Gasteiger partial charge in [0.25, 0.3) is 5.56 Å². The Kier molecular flexibility index (Phi) is 6.62. The molecule has 3 aromatic carbocycles. The number of hydrogen-bond donors (Lipinski definition) is 2. The Balaban J connectivity index is 1.46. The summed E-state index contributed by atoms with van der Waals surface area (Å²) in [5.74, 6) is -0.444.